The normalized spacial score (nSPS) is 14.0. The highest BCUT2D eigenvalue weighted by molar-refractivity contribution is 5.74. The maximum absolute atomic E-state index is 12.5. The predicted octanol–water partition coefficient (Wildman–Crippen LogP) is 4.66. The van der Waals surface area contributed by atoms with E-state index in [0.29, 0.717) is 12.5 Å². The van der Waals surface area contributed by atoms with Crippen LogP contribution in [0.5, 0.6) is 5.75 Å². The number of benzene rings is 1. The van der Waals surface area contributed by atoms with E-state index >= 15 is 0 Å². The van der Waals surface area contributed by atoms with E-state index < -0.39 is 0 Å². The van der Waals surface area contributed by atoms with Gasteiger partial charge in [0.1, 0.15) is 5.75 Å². The molecule has 2 unspecified atom stereocenters. The zero-order valence-electron chi connectivity index (χ0n) is 14.8. The Morgan fingerprint density at radius 2 is 1.77 bits per heavy atom. The van der Waals surface area contributed by atoms with E-state index in [1.54, 1.807) is 7.11 Å². The standard InChI is InChI=1S/C19H30O3/c1-7-22-19(20)18(14(4)5)16(12-13(2)3)15-10-8-9-11-17(15)21-6/h8-11,13-14,16,18H,7,12H2,1-6H3. The van der Waals surface area contributed by atoms with Crippen molar-refractivity contribution in [1.82, 2.24) is 0 Å². The minimum atomic E-state index is -0.154. The summed E-state index contributed by atoms with van der Waals surface area (Å²) < 4.78 is 10.9. The Hall–Kier alpha value is -1.51. The van der Waals surface area contributed by atoms with Crippen LogP contribution in [0.25, 0.3) is 0 Å². The molecule has 0 aliphatic carbocycles. The number of carbonyl (C=O) groups is 1. The maximum atomic E-state index is 12.5. The van der Waals surface area contributed by atoms with E-state index in [9.17, 15) is 4.79 Å². The third kappa shape index (κ3) is 4.75. The number of hydrogen-bond donors (Lipinski definition) is 0. The van der Waals surface area contributed by atoms with Crippen LogP contribution in [-0.4, -0.2) is 19.7 Å². The minimum absolute atomic E-state index is 0.103. The van der Waals surface area contributed by atoms with Gasteiger partial charge in [-0.1, -0.05) is 45.9 Å². The predicted molar refractivity (Wildman–Crippen MR) is 90.2 cm³/mol. The van der Waals surface area contributed by atoms with Crippen molar-refractivity contribution in [3.63, 3.8) is 0 Å². The molecule has 0 saturated carbocycles. The van der Waals surface area contributed by atoms with Crippen LogP contribution >= 0.6 is 0 Å². The second-order valence-corrected chi connectivity index (χ2v) is 6.50. The molecule has 22 heavy (non-hydrogen) atoms. The van der Waals surface area contributed by atoms with Crippen LogP contribution in [0.4, 0.5) is 0 Å². The average Bonchev–Trinajstić information content (AvgIpc) is 2.46. The highest BCUT2D eigenvalue weighted by Crippen LogP contribution is 2.40. The van der Waals surface area contributed by atoms with Gasteiger partial charge in [0.2, 0.25) is 0 Å². The number of rotatable bonds is 8. The monoisotopic (exact) mass is 306 g/mol. The SMILES string of the molecule is CCOC(=O)C(C(C)C)C(CC(C)C)c1ccccc1OC. The molecule has 1 rings (SSSR count). The van der Waals surface area contributed by atoms with Gasteiger partial charge in [-0.3, -0.25) is 4.79 Å². The van der Waals surface area contributed by atoms with E-state index in [4.69, 9.17) is 9.47 Å². The molecule has 3 nitrogen and oxygen atoms in total. The average molecular weight is 306 g/mol. The van der Waals surface area contributed by atoms with Crippen LogP contribution in [0.15, 0.2) is 24.3 Å². The molecular weight excluding hydrogens is 276 g/mol. The Morgan fingerprint density at radius 3 is 2.27 bits per heavy atom. The van der Waals surface area contributed by atoms with Crippen molar-refractivity contribution in [1.29, 1.82) is 0 Å². The first kappa shape index (κ1) is 18.5. The lowest BCUT2D eigenvalue weighted by Crippen LogP contribution is -2.30. The molecule has 0 bridgehead atoms. The Bertz CT molecular complexity index is 466. The molecule has 2 atom stereocenters. The fraction of sp³-hybridized carbons (Fsp3) is 0.632. The lowest BCUT2D eigenvalue weighted by molar-refractivity contribution is -0.150. The summed E-state index contributed by atoms with van der Waals surface area (Å²) >= 11 is 0. The number of para-hydroxylation sites is 1. The summed E-state index contributed by atoms with van der Waals surface area (Å²) in [4.78, 5) is 12.5. The van der Waals surface area contributed by atoms with Gasteiger partial charge in [-0.2, -0.15) is 0 Å². The van der Waals surface area contributed by atoms with Gasteiger partial charge in [0.25, 0.3) is 0 Å². The van der Waals surface area contributed by atoms with Crippen LogP contribution in [0.1, 0.15) is 52.5 Å². The van der Waals surface area contributed by atoms with Crippen molar-refractivity contribution < 1.29 is 14.3 Å². The Kier molecular flexibility index (Phi) is 7.43. The molecular formula is C19H30O3. The quantitative estimate of drug-likeness (QED) is 0.655. The molecule has 0 heterocycles. The first-order valence-corrected chi connectivity index (χ1v) is 8.21. The van der Waals surface area contributed by atoms with E-state index in [0.717, 1.165) is 17.7 Å². The number of ether oxygens (including phenoxy) is 2. The molecule has 1 aromatic rings. The van der Waals surface area contributed by atoms with Crippen LogP contribution < -0.4 is 4.74 Å². The molecule has 0 radical (unpaired) electrons. The van der Waals surface area contributed by atoms with E-state index in [1.807, 2.05) is 25.1 Å². The lowest BCUT2D eigenvalue weighted by Gasteiger charge is -2.31. The van der Waals surface area contributed by atoms with Gasteiger partial charge >= 0.3 is 5.97 Å². The topological polar surface area (TPSA) is 35.5 Å². The largest absolute Gasteiger partial charge is 0.496 e. The summed E-state index contributed by atoms with van der Waals surface area (Å²) in [5.41, 5.74) is 1.10. The zero-order valence-corrected chi connectivity index (χ0v) is 14.8. The van der Waals surface area contributed by atoms with Crippen molar-refractivity contribution in [2.24, 2.45) is 17.8 Å². The summed E-state index contributed by atoms with van der Waals surface area (Å²) in [5.74, 6) is 1.41. The van der Waals surface area contributed by atoms with Crippen molar-refractivity contribution in [2.75, 3.05) is 13.7 Å². The molecule has 0 aromatic heterocycles. The van der Waals surface area contributed by atoms with Gasteiger partial charge in [-0.05, 0) is 36.8 Å². The Morgan fingerprint density at radius 1 is 1.14 bits per heavy atom. The van der Waals surface area contributed by atoms with Crippen LogP contribution in [0.3, 0.4) is 0 Å². The molecule has 1 aromatic carbocycles. The minimum Gasteiger partial charge on any atom is -0.496 e. The van der Waals surface area contributed by atoms with Crippen molar-refractivity contribution in [3.05, 3.63) is 29.8 Å². The van der Waals surface area contributed by atoms with Gasteiger partial charge in [0.05, 0.1) is 19.6 Å². The molecule has 0 N–H and O–H groups in total. The molecule has 0 aliphatic heterocycles. The van der Waals surface area contributed by atoms with E-state index in [2.05, 4.69) is 33.8 Å². The zero-order chi connectivity index (χ0) is 16.7. The fourth-order valence-corrected chi connectivity index (χ4v) is 3.09. The third-order valence-electron chi connectivity index (χ3n) is 3.97. The van der Waals surface area contributed by atoms with Crippen molar-refractivity contribution in [3.8, 4) is 5.75 Å². The van der Waals surface area contributed by atoms with Gasteiger partial charge in [0, 0.05) is 5.92 Å². The van der Waals surface area contributed by atoms with Crippen LogP contribution in [0, 0.1) is 17.8 Å². The number of methoxy groups -OCH3 is 1. The first-order chi connectivity index (χ1) is 10.4. The molecule has 0 fully saturated rings. The van der Waals surface area contributed by atoms with E-state index in [1.165, 1.54) is 0 Å². The summed E-state index contributed by atoms with van der Waals surface area (Å²) in [6.45, 7) is 10.8. The van der Waals surface area contributed by atoms with Crippen LogP contribution in [-0.2, 0) is 9.53 Å². The Labute approximate surface area is 135 Å². The molecule has 3 heteroatoms. The van der Waals surface area contributed by atoms with Gasteiger partial charge in [0.15, 0.2) is 0 Å². The highest BCUT2D eigenvalue weighted by atomic mass is 16.5. The lowest BCUT2D eigenvalue weighted by atomic mass is 9.75. The summed E-state index contributed by atoms with van der Waals surface area (Å²) in [6.07, 6.45) is 0.933. The van der Waals surface area contributed by atoms with Crippen LogP contribution in [0.2, 0.25) is 0 Å². The van der Waals surface area contributed by atoms with Crippen molar-refractivity contribution in [2.45, 2.75) is 47.0 Å². The first-order valence-electron chi connectivity index (χ1n) is 8.21. The maximum Gasteiger partial charge on any atom is 0.309 e. The second-order valence-electron chi connectivity index (χ2n) is 6.50. The second kappa shape index (κ2) is 8.82. The number of carbonyl (C=O) groups excluding carboxylic acids is 1. The summed E-state index contributed by atoms with van der Waals surface area (Å²) in [7, 11) is 1.68. The van der Waals surface area contributed by atoms with Gasteiger partial charge in [-0.15, -0.1) is 0 Å². The third-order valence-corrected chi connectivity index (χ3v) is 3.97. The smallest absolute Gasteiger partial charge is 0.309 e. The van der Waals surface area contributed by atoms with Crippen molar-refractivity contribution >= 4 is 5.97 Å². The number of hydrogen-bond acceptors (Lipinski definition) is 3. The Balaban J connectivity index is 3.27. The van der Waals surface area contributed by atoms with Gasteiger partial charge < -0.3 is 9.47 Å². The molecule has 0 aliphatic rings. The fourth-order valence-electron chi connectivity index (χ4n) is 3.09. The molecule has 0 amide bonds. The van der Waals surface area contributed by atoms with E-state index in [-0.39, 0.29) is 23.7 Å². The summed E-state index contributed by atoms with van der Waals surface area (Å²) in [6, 6.07) is 8.00. The summed E-state index contributed by atoms with van der Waals surface area (Å²) in [5, 5.41) is 0. The number of esters is 1. The van der Waals surface area contributed by atoms with Gasteiger partial charge in [-0.25, -0.2) is 0 Å². The molecule has 0 spiro atoms. The molecule has 0 saturated heterocycles. The molecule has 124 valence electrons. The highest BCUT2D eigenvalue weighted by Gasteiger charge is 2.35.